The van der Waals surface area contributed by atoms with E-state index in [9.17, 15) is 8.78 Å². The van der Waals surface area contributed by atoms with Crippen molar-refractivity contribution in [2.75, 3.05) is 13.2 Å². The summed E-state index contributed by atoms with van der Waals surface area (Å²) in [5.41, 5.74) is 0.769. The Balaban J connectivity index is 2.43. The van der Waals surface area contributed by atoms with Gasteiger partial charge >= 0.3 is 0 Å². The van der Waals surface area contributed by atoms with E-state index in [0.717, 1.165) is 5.69 Å². The van der Waals surface area contributed by atoms with Crippen molar-refractivity contribution in [2.24, 2.45) is 0 Å². The summed E-state index contributed by atoms with van der Waals surface area (Å²) in [5.74, 6) is -0.343. The molecule has 1 aromatic heterocycles. The Morgan fingerprint density at radius 1 is 1.50 bits per heavy atom. The summed E-state index contributed by atoms with van der Waals surface area (Å²) in [6.07, 6.45) is 1.67. The number of nitrogens with one attached hydrogen (secondary N) is 1. The first-order chi connectivity index (χ1) is 6.74. The van der Waals surface area contributed by atoms with Gasteiger partial charge < -0.3 is 5.32 Å². The second kappa shape index (κ2) is 5.65. The van der Waals surface area contributed by atoms with Crippen LogP contribution < -0.4 is 5.32 Å². The highest BCUT2D eigenvalue weighted by molar-refractivity contribution is 5.08. The van der Waals surface area contributed by atoms with Gasteiger partial charge in [0, 0.05) is 6.04 Å². The molecule has 1 heterocycles. The summed E-state index contributed by atoms with van der Waals surface area (Å²) >= 11 is 0. The average Bonchev–Trinajstić information content (AvgIpc) is 2.19. The third-order valence-corrected chi connectivity index (χ3v) is 1.95. The normalized spacial score (nSPS) is 12.8. The summed E-state index contributed by atoms with van der Waals surface area (Å²) in [7, 11) is 0. The van der Waals surface area contributed by atoms with Gasteiger partial charge in [-0.2, -0.15) is 0 Å². The summed E-state index contributed by atoms with van der Waals surface area (Å²) in [6.45, 7) is 2.20. The Hall–Kier alpha value is -1.03. The van der Waals surface area contributed by atoms with E-state index in [2.05, 4.69) is 10.3 Å². The van der Waals surface area contributed by atoms with E-state index in [-0.39, 0.29) is 18.5 Å². The van der Waals surface area contributed by atoms with Crippen LogP contribution in [-0.2, 0) is 0 Å². The number of rotatable bonds is 5. The van der Waals surface area contributed by atoms with Crippen LogP contribution in [0.3, 0.4) is 0 Å². The summed E-state index contributed by atoms with van der Waals surface area (Å²) in [4.78, 5) is 3.93. The van der Waals surface area contributed by atoms with E-state index < -0.39 is 0 Å². The molecule has 14 heavy (non-hydrogen) atoms. The quantitative estimate of drug-likeness (QED) is 0.737. The van der Waals surface area contributed by atoms with Gasteiger partial charge in [-0.3, -0.25) is 9.37 Å². The van der Waals surface area contributed by atoms with Crippen molar-refractivity contribution in [1.29, 1.82) is 0 Å². The van der Waals surface area contributed by atoms with Crippen molar-refractivity contribution >= 4 is 0 Å². The fourth-order valence-electron chi connectivity index (χ4n) is 1.13. The number of hydrogen-bond acceptors (Lipinski definition) is 2. The highest BCUT2D eigenvalue weighted by atomic mass is 19.1. The smallest absolute Gasteiger partial charge is 0.141 e. The Morgan fingerprint density at radius 2 is 2.29 bits per heavy atom. The Kier molecular flexibility index (Phi) is 4.46. The lowest BCUT2D eigenvalue weighted by Gasteiger charge is -2.12. The molecule has 0 aliphatic heterocycles. The molecule has 1 unspecified atom stereocenters. The number of nitrogens with zero attached hydrogens (tertiary/aromatic N) is 1. The second-order valence-corrected chi connectivity index (χ2v) is 3.12. The van der Waals surface area contributed by atoms with Crippen LogP contribution in [0.4, 0.5) is 8.78 Å². The molecule has 78 valence electrons. The van der Waals surface area contributed by atoms with Gasteiger partial charge in [-0.15, -0.1) is 0 Å². The Bertz CT molecular complexity index is 261. The lowest BCUT2D eigenvalue weighted by Crippen LogP contribution is -2.21. The van der Waals surface area contributed by atoms with Crippen LogP contribution in [0.15, 0.2) is 18.3 Å². The standard InChI is InChI=1S/C10H14F2N2/c1-8(13-6-2-5-11)10-4-3-9(12)7-14-10/h3-4,7-8,13H,2,5-6H2,1H3. The van der Waals surface area contributed by atoms with Crippen LogP contribution in [0.2, 0.25) is 0 Å². The van der Waals surface area contributed by atoms with Gasteiger partial charge in [0.2, 0.25) is 0 Å². The van der Waals surface area contributed by atoms with Gasteiger partial charge in [-0.05, 0) is 32.0 Å². The number of pyridine rings is 1. The van der Waals surface area contributed by atoms with Gasteiger partial charge in [-0.1, -0.05) is 0 Å². The van der Waals surface area contributed by atoms with E-state index in [0.29, 0.717) is 13.0 Å². The molecule has 0 bridgehead atoms. The first kappa shape index (κ1) is 11.0. The van der Waals surface area contributed by atoms with Gasteiger partial charge in [0.1, 0.15) is 5.82 Å². The van der Waals surface area contributed by atoms with E-state index in [4.69, 9.17) is 0 Å². The lowest BCUT2D eigenvalue weighted by molar-refractivity contribution is 0.443. The maximum Gasteiger partial charge on any atom is 0.141 e. The summed E-state index contributed by atoms with van der Waals surface area (Å²) in [6, 6.07) is 3.03. The van der Waals surface area contributed by atoms with Crippen molar-refractivity contribution in [1.82, 2.24) is 10.3 Å². The largest absolute Gasteiger partial charge is 0.309 e. The summed E-state index contributed by atoms with van der Waals surface area (Å²) < 4.78 is 24.3. The maximum atomic E-state index is 12.5. The Morgan fingerprint density at radius 3 is 2.86 bits per heavy atom. The zero-order valence-electron chi connectivity index (χ0n) is 8.13. The molecule has 2 nitrogen and oxygen atoms in total. The van der Waals surface area contributed by atoms with Gasteiger partial charge in [0.25, 0.3) is 0 Å². The maximum absolute atomic E-state index is 12.5. The van der Waals surface area contributed by atoms with E-state index in [1.54, 1.807) is 6.07 Å². The van der Waals surface area contributed by atoms with Crippen LogP contribution in [0, 0.1) is 5.82 Å². The van der Waals surface area contributed by atoms with Crippen molar-refractivity contribution in [2.45, 2.75) is 19.4 Å². The molecule has 4 heteroatoms. The lowest BCUT2D eigenvalue weighted by atomic mass is 10.2. The molecule has 0 saturated carbocycles. The van der Waals surface area contributed by atoms with Crippen LogP contribution >= 0.6 is 0 Å². The average molecular weight is 200 g/mol. The molecule has 0 saturated heterocycles. The highest BCUT2D eigenvalue weighted by Crippen LogP contribution is 2.08. The predicted octanol–water partition coefficient (Wildman–Crippen LogP) is 2.23. The molecule has 1 atom stereocenters. The predicted molar refractivity (Wildman–Crippen MR) is 51.2 cm³/mol. The molecule has 0 aliphatic carbocycles. The van der Waals surface area contributed by atoms with Crippen LogP contribution in [0.5, 0.6) is 0 Å². The van der Waals surface area contributed by atoms with Gasteiger partial charge in [0.05, 0.1) is 18.6 Å². The monoisotopic (exact) mass is 200 g/mol. The SMILES string of the molecule is CC(NCCCF)c1ccc(F)cn1. The van der Waals surface area contributed by atoms with Crippen molar-refractivity contribution in [3.63, 3.8) is 0 Å². The van der Waals surface area contributed by atoms with E-state index in [1.807, 2.05) is 6.92 Å². The minimum atomic E-state index is -0.343. The molecule has 0 aliphatic rings. The third-order valence-electron chi connectivity index (χ3n) is 1.95. The minimum absolute atomic E-state index is 0.0298. The fraction of sp³-hybridized carbons (Fsp3) is 0.500. The molecule has 0 fully saturated rings. The Labute approximate surface area is 82.4 Å². The number of aromatic nitrogens is 1. The van der Waals surface area contributed by atoms with Gasteiger partial charge in [-0.25, -0.2) is 4.39 Å². The van der Waals surface area contributed by atoms with E-state index in [1.165, 1.54) is 12.3 Å². The number of hydrogen-bond donors (Lipinski definition) is 1. The fourth-order valence-corrected chi connectivity index (χ4v) is 1.13. The van der Waals surface area contributed by atoms with Crippen LogP contribution in [-0.4, -0.2) is 18.2 Å². The molecule has 0 amide bonds. The first-order valence-corrected chi connectivity index (χ1v) is 4.65. The molecule has 1 aromatic rings. The molecule has 0 aromatic carbocycles. The third kappa shape index (κ3) is 3.38. The molecular weight excluding hydrogens is 186 g/mol. The van der Waals surface area contributed by atoms with E-state index >= 15 is 0 Å². The minimum Gasteiger partial charge on any atom is -0.309 e. The van der Waals surface area contributed by atoms with Crippen molar-refractivity contribution in [3.8, 4) is 0 Å². The number of alkyl halides is 1. The molecule has 0 radical (unpaired) electrons. The van der Waals surface area contributed by atoms with Crippen molar-refractivity contribution < 1.29 is 8.78 Å². The summed E-state index contributed by atoms with van der Waals surface area (Å²) in [5, 5.41) is 3.09. The van der Waals surface area contributed by atoms with Crippen LogP contribution in [0.25, 0.3) is 0 Å². The van der Waals surface area contributed by atoms with Crippen molar-refractivity contribution in [3.05, 3.63) is 29.8 Å². The number of halogens is 2. The van der Waals surface area contributed by atoms with Gasteiger partial charge in [0.15, 0.2) is 0 Å². The molecule has 1 N–H and O–H groups in total. The molecule has 0 spiro atoms. The highest BCUT2D eigenvalue weighted by Gasteiger charge is 2.05. The molecular formula is C10H14F2N2. The topological polar surface area (TPSA) is 24.9 Å². The zero-order chi connectivity index (χ0) is 10.4. The molecule has 1 rings (SSSR count). The zero-order valence-corrected chi connectivity index (χ0v) is 8.13. The second-order valence-electron chi connectivity index (χ2n) is 3.12. The first-order valence-electron chi connectivity index (χ1n) is 4.65. The van der Waals surface area contributed by atoms with Crippen LogP contribution in [0.1, 0.15) is 25.1 Å².